The molecule has 4 aromatic rings. The number of aryl methyl sites for hydroxylation is 1. The molecular formula is C32H36N6O3S. The molecule has 10 heteroatoms. The van der Waals surface area contributed by atoms with Crippen molar-refractivity contribution in [1.29, 1.82) is 0 Å². The fourth-order valence-corrected chi connectivity index (χ4v) is 6.26. The minimum absolute atomic E-state index is 0.215. The van der Waals surface area contributed by atoms with Crippen molar-refractivity contribution in [3.8, 4) is 16.9 Å². The van der Waals surface area contributed by atoms with Gasteiger partial charge in [0.05, 0.1) is 18.5 Å². The number of nitrogens with zero attached hydrogens (tertiary/aromatic N) is 4. The molecule has 0 radical (unpaired) electrons. The number of rotatable bonds is 7. The van der Waals surface area contributed by atoms with Gasteiger partial charge in [-0.3, -0.25) is 4.72 Å². The lowest BCUT2D eigenvalue weighted by molar-refractivity contribution is 0.310. The second kappa shape index (κ2) is 11.2. The second-order valence-electron chi connectivity index (χ2n) is 11.9. The molecular weight excluding hydrogens is 548 g/mol. The predicted octanol–water partition coefficient (Wildman–Crippen LogP) is 5.44. The number of hydrogen-bond acceptors (Lipinski definition) is 8. The van der Waals surface area contributed by atoms with Crippen LogP contribution in [0.4, 0.5) is 17.3 Å². The van der Waals surface area contributed by atoms with Gasteiger partial charge in [-0.15, -0.1) is 0 Å². The molecule has 0 bridgehead atoms. The number of aromatic nitrogens is 3. The molecule has 2 aliphatic rings. The SMILES string of the molecule is CC1(C)CCc2ncnc(N3CCOc4ccc(-c5cnc(NCc6ccccc6)c(NS(C)(=O)=O)c5)cc4C3)c2C1. The smallest absolute Gasteiger partial charge is 0.229 e. The lowest BCUT2D eigenvalue weighted by Gasteiger charge is -2.33. The van der Waals surface area contributed by atoms with Gasteiger partial charge in [-0.05, 0) is 54.0 Å². The Labute approximate surface area is 247 Å². The molecule has 2 aromatic carbocycles. The number of pyridine rings is 1. The van der Waals surface area contributed by atoms with Crippen LogP contribution in [0.2, 0.25) is 0 Å². The molecule has 1 aliphatic heterocycles. The van der Waals surface area contributed by atoms with E-state index in [0.717, 1.165) is 71.6 Å². The van der Waals surface area contributed by atoms with Crippen LogP contribution in [0.15, 0.2) is 67.1 Å². The summed E-state index contributed by atoms with van der Waals surface area (Å²) >= 11 is 0. The highest BCUT2D eigenvalue weighted by Crippen LogP contribution is 2.39. The van der Waals surface area contributed by atoms with E-state index >= 15 is 0 Å². The average Bonchev–Trinajstić information content (AvgIpc) is 3.17. The van der Waals surface area contributed by atoms with Crippen molar-refractivity contribution in [2.45, 2.75) is 46.2 Å². The molecule has 0 atom stereocenters. The van der Waals surface area contributed by atoms with Gasteiger partial charge in [0.15, 0.2) is 5.82 Å². The molecule has 2 aromatic heterocycles. The lowest BCUT2D eigenvalue weighted by atomic mass is 9.76. The standard InChI is InChI=1S/C32H36N6O3S/c1-32(2)12-11-27-26(17-32)31(36-21-35-27)38-13-14-41-29-10-9-23(15-25(29)20-38)24-16-28(37-42(3,39)40)30(34-19-24)33-18-22-7-5-4-6-8-22/h4-10,15-16,19,21,37H,11-14,17-18,20H2,1-3H3,(H,33,34). The summed E-state index contributed by atoms with van der Waals surface area (Å²) < 4.78 is 33.2. The van der Waals surface area contributed by atoms with Crippen molar-refractivity contribution in [1.82, 2.24) is 15.0 Å². The summed E-state index contributed by atoms with van der Waals surface area (Å²) in [5.41, 5.74) is 6.83. The Morgan fingerprint density at radius 3 is 2.67 bits per heavy atom. The third kappa shape index (κ3) is 6.33. The number of hydrogen-bond donors (Lipinski definition) is 2. The van der Waals surface area contributed by atoms with E-state index in [4.69, 9.17) is 9.72 Å². The van der Waals surface area contributed by atoms with Crippen molar-refractivity contribution < 1.29 is 13.2 Å². The van der Waals surface area contributed by atoms with Gasteiger partial charge in [0.25, 0.3) is 0 Å². The summed E-state index contributed by atoms with van der Waals surface area (Å²) in [4.78, 5) is 16.3. The molecule has 6 rings (SSSR count). The van der Waals surface area contributed by atoms with Gasteiger partial charge in [-0.2, -0.15) is 0 Å². The lowest BCUT2D eigenvalue weighted by Crippen LogP contribution is -2.31. The van der Waals surface area contributed by atoms with Gasteiger partial charge in [-0.25, -0.2) is 23.4 Å². The van der Waals surface area contributed by atoms with Gasteiger partial charge >= 0.3 is 0 Å². The van der Waals surface area contributed by atoms with Crippen LogP contribution >= 0.6 is 0 Å². The molecule has 0 amide bonds. The minimum Gasteiger partial charge on any atom is -0.491 e. The van der Waals surface area contributed by atoms with E-state index in [0.29, 0.717) is 31.2 Å². The Morgan fingerprint density at radius 2 is 1.86 bits per heavy atom. The third-order valence-corrected chi connectivity index (χ3v) is 8.46. The summed E-state index contributed by atoms with van der Waals surface area (Å²) in [6, 6.07) is 17.8. The first-order valence-corrected chi connectivity index (χ1v) is 16.1. The molecule has 0 saturated heterocycles. The van der Waals surface area contributed by atoms with E-state index in [1.54, 1.807) is 12.5 Å². The Kier molecular flexibility index (Phi) is 7.49. The molecule has 0 spiro atoms. The molecule has 42 heavy (non-hydrogen) atoms. The number of nitrogens with one attached hydrogen (secondary N) is 2. The maximum atomic E-state index is 12.2. The van der Waals surface area contributed by atoms with Crippen LogP contribution in [0.3, 0.4) is 0 Å². The number of fused-ring (bicyclic) bond motifs is 2. The van der Waals surface area contributed by atoms with Crippen molar-refractivity contribution >= 4 is 27.3 Å². The van der Waals surface area contributed by atoms with Crippen LogP contribution in [0, 0.1) is 5.41 Å². The summed E-state index contributed by atoms with van der Waals surface area (Å²) in [7, 11) is -3.52. The first-order chi connectivity index (χ1) is 20.1. The first kappa shape index (κ1) is 28.0. The van der Waals surface area contributed by atoms with Crippen molar-refractivity contribution in [2.75, 3.05) is 34.3 Å². The van der Waals surface area contributed by atoms with Crippen LogP contribution in [-0.4, -0.2) is 42.8 Å². The molecule has 3 heterocycles. The summed E-state index contributed by atoms with van der Waals surface area (Å²) in [5, 5.41) is 3.27. The number of sulfonamides is 1. The number of benzene rings is 2. The number of ether oxygens (including phenoxy) is 1. The maximum absolute atomic E-state index is 12.2. The third-order valence-electron chi connectivity index (χ3n) is 7.86. The fraction of sp³-hybridized carbons (Fsp3) is 0.344. The maximum Gasteiger partial charge on any atom is 0.229 e. The largest absolute Gasteiger partial charge is 0.491 e. The van der Waals surface area contributed by atoms with E-state index in [1.165, 1.54) is 5.56 Å². The zero-order valence-electron chi connectivity index (χ0n) is 24.2. The highest BCUT2D eigenvalue weighted by Gasteiger charge is 2.30. The first-order valence-electron chi connectivity index (χ1n) is 14.2. The quantitative estimate of drug-likeness (QED) is 0.296. The molecule has 218 valence electrons. The number of anilines is 3. The Morgan fingerprint density at radius 1 is 1.02 bits per heavy atom. The molecule has 0 fully saturated rings. The van der Waals surface area contributed by atoms with Gasteiger partial charge < -0.3 is 15.0 Å². The van der Waals surface area contributed by atoms with Crippen molar-refractivity contribution in [3.63, 3.8) is 0 Å². The van der Waals surface area contributed by atoms with E-state index < -0.39 is 10.0 Å². The van der Waals surface area contributed by atoms with Crippen molar-refractivity contribution in [3.05, 3.63) is 89.5 Å². The normalized spacial score (nSPS) is 16.0. The van der Waals surface area contributed by atoms with Crippen LogP contribution in [-0.2, 0) is 36.0 Å². The molecule has 1 aliphatic carbocycles. The minimum atomic E-state index is -3.52. The van der Waals surface area contributed by atoms with E-state index in [-0.39, 0.29) is 5.41 Å². The van der Waals surface area contributed by atoms with Gasteiger partial charge in [0, 0.05) is 41.7 Å². The van der Waals surface area contributed by atoms with Crippen LogP contribution in [0.5, 0.6) is 5.75 Å². The van der Waals surface area contributed by atoms with Crippen molar-refractivity contribution in [2.24, 2.45) is 5.41 Å². The monoisotopic (exact) mass is 584 g/mol. The molecule has 9 nitrogen and oxygen atoms in total. The summed E-state index contributed by atoms with van der Waals surface area (Å²) in [6.07, 6.45) is 7.63. The molecule has 0 saturated carbocycles. The van der Waals surface area contributed by atoms with E-state index in [1.807, 2.05) is 48.5 Å². The summed E-state index contributed by atoms with van der Waals surface area (Å²) in [5.74, 6) is 2.30. The Balaban J connectivity index is 1.30. The predicted molar refractivity (Wildman–Crippen MR) is 166 cm³/mol. The zero-order chi connectivity index (χ0) is 29.3. The van der Waals surface area contributed by atoms with Crippen LogP contribution < -0.4 is 19.7 Å². The van der Waals surface area contributed by atoms with Gasteiger partial charge in [0.1, 0.15) is 24.5 Å². The van der Waals surface area contributed by atoms with Gasteiger partial charge in [0.2, 0.25) is 10.0 Å². The highest BCUT2D eigenvalue weighted by molar-refractivity contribution is 7.92. The fourth-order valence-electron chi connectivity index (χ4n) is 5.71. The summed E-state index contributed by atoms with van der Waals surface area (Å²) in [6.45, 7) is 7.06. The van der Waals surface area contributed by atoms with Crippen LogP contribution in [0.25, 0.3) is 11.1 Å². The zero-order valence-corrected chi connectivity index (χ0v) is 25.0. The van der Waals surface area contributed by atoms with Crippen LogP contribution in [0.1, 0.15) is 42.7 Å². The molecule has 0 unspecified atom stereocenters. The topological polar surface area (TPSA) is 109 Å². The Bertz CT molecular complexity index is 1710. The second-order valence-corrected chi connectivity index (χ2v) is 13.6. The molecule has 2 N–H and O–H groups in total. The van der Waals surface area contributed by atoms with E-state index in [2.05, 4.69) is 44.8 Å². The highest BCUT2D eigenvalue weighted by atomic mass is 32.2. The Hall–Kier alpha value is -4.18. The van der Waals surface area contributed by atoms with E-state index in [9.17, 15) is 8.42 Å². The van der Waals surface area contributed by atoms with Gasteiger partial charge in [-0.1, -0.05) is 50.2 Å². The average molecular weight is 585 g/mol.